The van der Waals surface area contributed by atoms with E-state index in [1.807, 2.05) is 12.1 Å². The molecule has 0 bridgehead atoms. The highest BCUT2D eigenvalue weighted by atomic mass is 79.9. The Morgan fingerprint density at radius 3 is 1.32 bits per heavy atom. The fourth-order valence-corrected chi connectivity index (χ4v) is 2.67. The summed E-state index contributed by atoms with van der Waals surface area (Å²) in [6.07, 6.45) is 0. The Balaban J connectivity index is 0.000000240. The molecule has 3 aromatic carbocycles. The standard InChI is InChI=1S/C12H10.C7H10NO3P.BrH/c1-3-7-11(8-4-1)12-9-5-2-6-10-12;8-7(12(9,10)11)6-4-2-1-3-5-6;/h1-10H;1-5,7H,8H2,(H2,9,10,11);1H. The smallest absolute Gasteiger partial charge is 0.323 e. The van der Waals surface area contributed by atoms with Crippen LogP contribution in [0.3, 0.4) is 0 Å². The van der Waals surface area contributed by atoms with Gasteiger partial charge >= 0.3 is 7.60 Å². The van der Waals surface area contributed by atoms with Gasteiger partial charge in [0.05, 0.1) is 0 Å². The normalized spacial score (nSPS) is 11.5. The van der Waals surface area contributed by atoms with Crippen molar-refractivity contribution in [1.82, 2.24) is 0 Å². The summed E-state index contributed by atoms with van der Waals surface area (Å²) < 4.78 is 10.7. The maximum absolute atomic E-state index is 10.7. The largest absolute Gasteiger partial charge is 0.346 e. The number of benzene rings is 3. The molecule has 4 N–H and O–H groups in total. The zero-order valence-electron chi connectivity index (χ0n) is 13.5. The Morgan fingerprint density at radius 2 is 1.00 bits per heavy atom. The van der Waals surface area contributed by atoms with E-state index in [0.29, 0.717) is 5.56 Å². The molecule has 3 rings (SSSR count). The average Bonchev–Trinajstić information content (AvgIpc) is 2.63. The van der Waals surface area contributed by atoms with Gasteiger partial charge in [-0.15, -0.1) is 17.0 Å². The van der Waals surface area contributed by atoms with Crippen LogP contribution in [0.15, 0.2) is 91.0 Å². The van der Waals surface area contributed by atoms with Gasteiger partial charge in [-0.1, -0.05) is 91.0 Å². The number of nitrogens with two attached hydrogens (primary N) is 1. The van der Waals surface area contributed by atoms with Gasteiger partial charge in [0.25, 0.3) is 0 Å². The molecule has 0 aliphatic rings. The zero-order chi connectivity index (χ0) is 17.4. The molecule has 0 spiro atoms. The molecule has 0 saturated carbocycles. The molecule has 1 unspecified atom stereocenters. The summed E-state index contributed by atoms with van der Waals surface area (Å²) in [6.45, 7) is 0. The predicted molar refractivity (Wildman–Crippen MR) is 108 cm³/mol. The van der Waals surface area contributed by atoms with E-state index in [0.717, 1.165) is 0 Å². The van der Waals surface area contributed by atoms with E-state index in [-0.39, 0.29) is 17.0 Å². The molecular formula is C19H21BrNO3P. The Hall–Kier alpha value is -1.75. The van der Waals surface area contributed by atoms with Crippen molar-refractivity contribution in [1.29, 1.82) is 0 Å². The van der Waals surface area contributed by atoms with Crippen molar-refractivity contribution in [3.63, 3.8) is 0 Å². The Kier molecular flexibility index (Phi) is 8.76. The van der Waals surface area contributed by atoms with Crippen LogP contribution in [0.2, 0.25) is 0 Å². The summed E-state index contributed by atoms with van der Waals surface area (Å²) >= 11 is 0. The number of rotatable bonds is 3. The molecular weight excluding hydrogens is 401 g/mol. The minimum atomic E-state index is -4.20. The molecule has 0 saturated heterocycles. The van der Waals surface area contributed by atoms with Gasteiger partial charge in [-0.3, -0.25) is 4.57 Å². The van der Waals surface area contributed by atoms with Crippen LogP contribution in [0.4, 0.5) is 0 Å². The second-order valence-electron chi connectivity index (χ2n) is 5.18. The van der Waals surface area contributed by atoms with Crippen molar-refractivity contribution in [2.45, 2.75) is 5.78 Å². The lowest BCUT2D eigenvalue weighted by atomic mass is 10.1. The van der Waals surface area contributed by atoms with E-state index in [9.17, 15) is 4.57 Å². The van der Waals surface area contributed by atoms with Crippen molar-refractivity contribution in [2.24, 2.45) is 5.73 Å². The molecule has 25 heavy (non-hydrogen) atoms. The molecule has 3 aromatic rings. The van der Waals surface area contributed by atoms with Gasteiger partial charge in [-0.2, -0.15) is 0 Å². The molecule has 0 aliphatic carbocycles. The fourth-order valence-electron chi connectivity index (χ4n) is 2.11. The molecule has 1 atom stereocenters. The first-order valence-corrected chi connectivity index (χ1v) is 9.13. The van der Waals surface area contributed by atoms with Crippen LogP contribution < -0.4 is 5.73 Å². The van der Waals surface area contributed by atoms with E-state index in [1.54, 1.807) is 30.3 Å². The molecule has 0 fully saturated rings. The maximum atomic E-state index is 10.7. The van der Waals surface area contributed by atoms with E-state index < -0.39 is 13.4 Å². The van der Waals surface area contributed by atoms with Crippen molar-refractivity contribution in [3.8, 4) is 11.1 Å². The van der Waals surface area contributed by atoms with Gasteiger partial charge in [0.2, 0.25) is 0 Å². The number of halogens is 1. The van der Waals surface area contributed by atoms with E-state index >= 15 is 0 Å². The number of hydrogen-bond donors (Lipinski definition) is 3. The van der Waals surface area contributed by atoms with Crippen LogP contribution in [0, 0.1) is 0 Å². The lowest BCUT2D eigenvalue weighted by molar-refractivity contribution is 0.359. The molecule has 0 heterocycles. The summed E-state index contributed by atoms with van der Waals surface area (Å²) in [5.41, 5.74) is 8.31. The summed E-state index contributed by atoms with van der Waals surface area (Å²) in [4.78, 5) is 17.5. The van der Waals surface area contributed by atoms with Crippen LogP contribution in [-0.2, 0) is 4.57 Å². The van der Waals surface area contributed by atoms with Crippen LogP contribution in [0.5, 0.6) is 0 Å². The van der Waals surface area contributed by atoms with Crippen molar-refractivity contribution >= 4 is 24.6 Å². The summed E-state index contributed by atoms with van der Waals surface area (Å²) in [5, 5.41) is 0. The SMILES string of the molecule is Br.NC(c1ccccc1)P(=O)(O)O.c1ccc(-c2ccccc2)cc1. The Bertz CT molecular complexity index is 742. The van der Waals surface area contributed by atoms with Crippen LogP contribution in [0.1, 0.15) is 11.3 Å². The van der Waals surface area contributed by atoms with Gasteiger partial charge in [0.15, 0.2) is 0 Å². The van der Waals surface area contributed by atoms with E-state index in [4.69, 9.17) is 15.5 Å². The van der Waals surface area contributed by atoms with Gasteiger partial charge in [-0.25, -0.2) is 0 Å². The van der Waals surface area contributed by atoms with Gasteiger partial charge in [-0.05, 0) is 16.7 Å². The van der Waals surface area contributed by atoms with Crippen LogP contribution in [-0.4, -0.2) is 9.79 Å². The lowest BCUT2D eigenvalue weighted by Crippen LogP contribution is -2.10. The summed E-state index contributed by atoms with van der Waals surface area (Å²) in [7, 11) is -4.20. The van der Waals surface area contributed by atoms with Crippen molar-refractivity contribution in [3.05, 3.63) is 96.6 Å². The monoisotopic (exact) mass is 421 g/mol. The zero-order valence-corrected chi connectivity index (χ0v) is 16.1. The highest BCUT2D eigenvalue weighted by Gasteiger charge is 2.25. The third kappa shape index (κ3) is 6.94. The third-order valence-electron chi connectivity index (χ3n) is 3.38. The molecule has 6 heteroatoms. The van der Waals surface area contributed by atoms with Crippen LogP contribution in [0.25, 0.3) is 11.1 Å². The molecule has 0 aromatic heterocycles. The first kappa shape index (κ1) is 21.3. The Morgan fingerprint density at radius 1 is 0.680 bits per heavy atom. The number of hydrogen-bond acceptors (Lipinski definition) is 2. The first-order valence-electron chi connectivity index (χ1n) is 7.44. The van der Waals surface area contributed by atoms with Gasteiger partial charge < -0.3 is 15.5 Å². The molecule has 132 valence electrons. The van der Waals surface area contributed by atoms with E-state index in [1.165, 1.54) is 11.1 Å². The highest BCUT2D eigenvalue weighted by molar-refractivity contribution is 8.93. The second kappa shape index (κ2) is 10.3. The summed E-state index contributed by atoms with van der Waals surface area (Å²) in [6, 6.07) is 29.1. The Labute approximate surface area is 158 Å². The van der Waals surface area contributed by atoms with Crippen molar-refractivity contribution in [2.75, 3.05) is 0 Å². The fraction of sp³-hybridized carbons (Fsp3) is 0.0526. The molecule has 0 amide bonds. The predicted octanol–water partition coefficient (Wildman–Crippen LogP) is 4.75. The molecule has 0 aliphatic heterocycles. The molecule has 4 nitrogen and oxygen atoms in total. The minimum absolute atomic E-state index is 0. The third-order valence-corrected chi connectivity index (χ3v) is 4.41. The lowest BCUT2D eigenvalue weighted by Gasteiger charge is -2.12. The van der Waals surface area contributed by atoms with Gasteiger partial charge in [0.1, 0.15) is 5.78 Å². The minimum Gasteiger partial charge on any atom is -0.323 e. The van der Waals surface area contributed by atoms with Crippen LogP contribution >= 0.6 is 24.6 Å². The molecule has 0 radical (unpaired) electrons. The second-order valence-corrected chi connectivity index (χ2v) is 6.91. The summed E-state index contributed by atoms with van der Waals surface area (Å²) in [5.74, 6) is -1.21. The topological polar surface area (TPSA) is 83.6 Å². The maximum Gasteiger partial charge on any atom is 0.346 e. The van der Waals surface area contributed by atoms with Crippen molar-refractivity contribution < 1.29 is 14.4 Å². The van der Waals surface area contributed by atoms with Gasteiger partial charge in [0, 0.05) is 0 Å². The quantitative estimate of drug-likeness (QED) is 0.532. The first-order chi connectivity index (χ1) is 11.5. The van der Waals surface area contributed by atoms with E-state index in [2.05, 4.69) is 48.5 Å². The highest BCUT2D eigenvalue weighted by Crippen LogP contribution is 2.47. The average molecular weight is 422 g/mol.